The van der Waals surface area contributed by atoms with Crippen molar-refractivity contribution in [3.05, 3.63) is 58.1 Å². The first-order chi connectivity index (χ1) is 13.1. The topological polar surface area (TPSA) is 78.6 Å². The van der Waals surface area contributed by atoms with Crippen LogP contribution in [0.15, 0.2) is 40.5 Å². The van der Waals surface area contributed by atoms with Gasteiger partial charge in [0.2, 0.25) is 0 Å². The Morgan fingerprint density at radius 2 is 1.71 bits per heavy atom. The molecule has 3 rings (SSSR count). The lowest BCUT2D eigenvalue weighted by Gasteiger charge is -2.19. The molecule has 0 spiro atoms. The Labute approximate surface area is 163 Å². The molecule has 2 aromatic rings. The number of methoxy groups -OCH3 is 1. The van der Waals surface area contributed by atoms with Crippen LogP contribution in [0.1, 0.15) is 36.4 Å². The van der Waals surface area contributed by atoms with Crippen molar-refractivity contribution in [1.29, 1.82) is 0 Å². The minimum Gasteiger partial charge on any atom is -0.496 e. The second-order valence-corrected chi connectivity index (χ2v) is 6.95. The number of aromatic nitrogens is 1. The van der Waals surface area contributed by atoms with Gasteiger partial charge >= 0.3 is 7.40 Å². The maximum Gasteiger partial charge on any atom is 0.677 e. The number of allylic oxidation sites excluding steroid dienone is 2. The second-order valence-electron chi connectivity index (χ2n) is 6.95. The number of aryl methyl sites for hydroxylation is 2. The molecule has 8 heteroatoms. The van der Waals surface area contributed by atoms with E-state index in [0.29, 0.717) is 50.9 Å². The molecule has 1 aromatic heterocycles. The number of hydrogen-bond acceptors (Lipinski definition) is 4. The molecule has 1 aromatic carbocycles. The molecule has 0 bridgehead atoms. The van der Waals surface area contributed by atoms with Gasteiger partial charge in [0.15, 0.2) is 0 Å². The number of rotatable bonds is 4. The van der Waals surface area contributed by atoms with Crippen molar-refractivity contribution in [3.8, 4) is 5.75 Å². The van der Waals surface area contributed by atoms with E-state index in [1.807, 2.05) is 19.9 Å². The standard InChI is InChI=1S/C20H23BF2N4O/c1-10-6-12(3)26-19(10)18(14-8-15(24)16(25)9-17(14)28-5)20-11(2)7-13(4)27(20)21(22)23/h6-9H,24-25H2,1-5H3/b19-18-. The average molecular weight is 384 g/mol. The number of nitrogens with zero attached hydrogens (tertiary/aromatic N) is 2. The number of anilines is 2. The van der Waals surface area contributed by atoms with Gasteiger partial charge in [-0.05, 0) is 57.0 Å². The molecule has 146 valence electrons. The van der Waals surface area contributed by atoms with E-state index in [1.165, 1.54) is 7.11 Å². The minimum absolute atomic E-state index is 0.346. The van der Waals surface area contributed by atoms with Crippen LogP contribution in [0.25, 0.3) is 5.57 Å². The zero-order valence-electron chi connectivity index (χ0n) is 16.6. The summed E-state index contributed by atoms with van der Waals surface area (Å²) in [5.41, 5.74) is 17.7. The predicted octanol–water partition coefficient (Wildman–Crippen LogP) is 4.23. The lowest BCUT2D eigenvalue weighted by molar-refractivity contribution is 0.414. The van der Waals surface area contributed by atoms with Crippen molar-refractivity contribution in [3.63, 3.8) is 0 Å². The van der Waals surface area contributed by atoms with Crippen molar-refractivity contribution in [1.82, 2.24) is 4.48 Å². The summed E-state index contributed by atoms with van der Waals surface area (Å²) in [4.78, 5) is 4.62. The lowest BCUT2D eigenvalue weighted by Crippen LogP contribution is -2.18. The quantitative estimate of drug-likeness (QED) is 0.612. The first kappa shape index (κ1) is 19.7. The fourth-order valence-electron chi connectivity index (χ4n) is 3.66. The third-order valence-electron chi connectivity index (χ3n) is 4.85. The zero-order valence-corrected chi connectivity index (χ0v) is 16.6. The lowest BCUT2D eigenvalue weighted by atomic mass is 9.93. The van der Waals surface area contributed by atoms with E-state index >= 15 is 0 Å². The van der Waals surface area contributed by atoms with Gasteiger partial charge in [0, 0.05) is 34.3 Å². The van der Waals surface area contributed by atoms with Crippen molar-refractivity contribution in [2.24, 2.45) is 4.99 Å². The Balaban J connectivity index is 2.48. The predicted molar refractivity (Wildman–Crippen MR) is 112 cm³/mol. The molecule has 1 aliphatic heterocycles. The van der Waals surface area contributed by atoms with Gasteiger partial charge in [-0.3, -0.25) is 13.6 Å². The van der Waals surface area contributed by atoms with Crippen LogP contribution in [0.5, 0.6) is 5.75 Å². The fraction of sp³-hybridized carbons (Fsp3) is 0.250. The molecule has 0 fully saturated rings. The van der Waals surface area contributed by atoms with Crippen LogP contribution in [0.4, 0.5) is 20.0 Å². The molecule has 2 heterocycles. The number of ether oxygens (including phenoxy) is 1. The van der Waals surface area contributed by atoms with Crippen LogP contribution in [0.3, 0.4) is 0 Å². The van der Waals surface area contributed by atoms with E-state index in [-0.39, 0.29) is 0 Å². The third kappa shape index (κ3) is 3.19. The molecule has 0 saturated heterocycles. The van der Waals surface area contributed by atoms with E-state index in [4.69, 9.17) is 16.2 Å². The van der Waals surface area contributed by atoms with Gasteiger partial charge in [0.1, 0.15) is 5.75 Å². The monoisotopic (exact) mass is 384 g/mol. The molecule has 1 aliphatic rings. The maximum atomic E-state index is 14.0. The molecule has 0 saturated carbocycles. The van der Waals surface area contributed by atoms with E-state index in [9.17, 15) is 8.63 Å². The molecular weight excluding hydrogens is 361 g/mol. The highest BCUT2D eigenvalue weighted by Crippen LogP contribution is 2.42. The average Bonchev–Trinajstić information content (AvgIpc) is 3.09. The number of benzene rings is 1. The molecule has 28 heavy (non-hydrogen) atoms. The molecule has 0 radical (unpaired) electrons. The van der Waals surface area contributed by atoms with Gasteiger partial charge in [0.05, 0.1) is 24.2 Å². The molecule has 0 atom stereocenters. The van der Waals surface area contributed by atoms with E-state index in [1.54, 1.807) is 32.0 Å². The molecule has 0 unspecified atom stereocenters. The van der Waals surface area contributed by atoms with Crippen LogP contribution in [0, 0.1) is 13.8 Å². The first-order valence-electron chi connectivity index (χ1n) is 8.84. The Hall–Kier alpha value is -3.03. The van der Waals surface area contributed by atoms with Crippen molar-refractivity contribution in [2.45, 2.75) is 27.7 Å². The van der Waals surface area contributed by atoms with E-state index < -0.39 is 7.40 Å². The summed E-state index contributed by atoms with van der Waals surface area (Å²) < 4.78 is 34.5. The highest BCUT2D eigenvalue weighted by molar-refractivity contribution is 6.41. The third-order valence-corrected chi connectivity index (χ3v) is 4.85. The Kier molecular flexibility index (Phi) is 5.06. The highest BCUT2D eigenvalue weighted by Gasteiger charge is 2.30. The molecule has 0 aliphatic carbocycles. The largest absolute Gasteiger partial charge is 0.677 e. The van der Waals surface area contributed by atoms with E-state index in [2.05, 4.69) is 4.99 Å². The number of aliphatic imine (C=N–C) groups is 1. The maximum absolute atomic E-state index is 14.0. The van der Waals surface area contributed by atoms with Crippen LogP contribution in [-0.4, -0.2) is 24.7 Å². The number of halogens is 2. The molecular formula is C20H23BF2N4O. The first-order valence-corrected chi connectivity index (χ1v) is 8.84. The summed E-state index contributed by atoms with van der Waals surface area (Å²) in [6.07, 6.45) is 1.92. The van der Waals surface area contributed by atoms with Crippen molar-refractivity contribution < 1.29 is 13.4 Å². The van der Waals surface area contributed by atoms with Gasteiger partial charge in [0.25, 0.3) is 0 Å². The summed E-state index contributed by atoms with van der Waals surface area (Å²) in [6.45, 7) is 7.23. The van der Waals surface area contributed by atoms with Gasteiger partial charge in [-0.2, -0.15) is 0 Å². The van der Waals surface area contributed by atoms with Gasteiger partial charge in [-0.25, -0.2) is 0 Å². The fourth-order valence-corrected chi connectivity index (χ4v) is 3.66. The summed E-state index contributed by atoms with van der Waals surface area (Å²) in [5.74, 6) is 0.445. The molecule has 4 N–H and O–H groups in total. The number of nitrogen functional groups attached to an aromatic ring is 2. The molecule has 5 nitrogen and oxygen atoms in total. The second kappa shape index (κ2) is 7.18. The van der Waals surface area contributed by atoms with Crippen LogP contribution in [-0.2, 0) is 0 Å². The number of hydrogen-bond donors (Lipinski definition) is 2. The Morgan fingerprint density at radius 3 is 2.25 bits per heavy atom. The smallest absolute Gasteiger partial charge is 0.496 e. The summed E-state index contributed by atoms with van der Waals surface area (Å²) >= 11 is 0. The van der Waals surface area contributed by atoms with Crippen LogP contribution < -0.4 is 16.2 Å². The van der Waals surface area contributed by atoms with Gasteiger partial charge in [-0.15, -0.1) is 0 Å². The van der Waals surface area contributed by atoms with Gasteiger partial charge in [-0.1, -0.05) is 0 Å². The van der Waals surface area contributed by atoms with Gasteiger partial charge < -0.3 is 20.7 Å². The SMILES string of the molecule is COc1cc(N)c(N)cc1/C(=C1/N=C(C)C=C1C)c1c(C)cc(C)n1B(F)F. The van der Waals surface area contributed by atoms with E-state index in [0.717, 1.165) is 15.8 Å². The highest BCUT2D eigenvalue weighted by atomic mass is 19.2. The van der Waals surface area contributed by atoms with Crippen LogP contribution in [0.2, 0.25) is 0 Å². The van der Waals surface area contributed by atoms with Crippen molar-refractivity contribution in [2.75, 3.05) is 18.6 Å². The zero-order chi connectivity index (χ0) is 20.7. The Morgan fingerprint density at radius 1 is 1.07 bits per heavy atom. The number of nitrogens with two attached hydrogens (primary N) is 2. The summed E-state index contributed by atoms with van der Waals surface area (Å²) in [5, 5.41) is 0. The Bertz CT molecular complexity index is 1050. The summed E-state index contributed by atoms with van der Waals surface area (Å²) in [7, 11) is -1.19. The summed E-state index contributed by atoms with van der Waals surface area (Å²) in [6, 6.07) is 5.00. The minimum atomic E-state index is -2.70. The van der Waals surface area contributed by atoms with Crippen molar-refractivity contribution >= 4 is 30.1 Å². The van der Waals surface area contributed by atoms with Crippen LogP contribution >= 0.6 is 0 Å². The molecule has 0 amide bonds. The normalized spacial score (nSPS) is 15.4.